The fourth-order valence-electron chi connectivity index (χ4n) is 2.54. The fraction of sp³-hybridized carbons (Fsp3) is 0.611. The number of hydrogen-bond donors (Lipinski definition) is 2. The molecule has 25 heavy (non-hydrogen) atoms. The summed E-state index contributed by atoms with van der Waals surface area (Å²) in [5.41, 5.74) is 0.414. The summed E-state index contributed by atoms with van der Waals surface area (Å²) in [6, 6.07) is 3.98. The molecule has 7 nitrogen and oxygen atoms in total. The molecule has 1 fully saturated rings. The van der Waals surface area contributed by atoms with Crippen molar-refractivity contribution >= 4 is 17.8 Å². The van der Waals surface area contributed by atoms with Gasteiger partial charge in [0.1, 0.15) is 11.4 Å². The van der Waals surface area contributed by atoms with E-state index in [0.29, 0.717) is 6.54 Å². The van der Waals surface area contributed by atoms with Crippen LogP contribution in [0.3, 0.4) is 0 Å². The van der Waals surface area contributed by atoms with Crippen LogP contribution in [-0.2, 0) is 16.1 Å². The van der Waals surface area contributed by atoms with Crippen molar-refractivity contribution < 1.29 is 14.3 Å². The standard InChI is InChI=1S/C18H28N4O3/c1-18(2,3)25-17(24)19-9-8-16(23)21-13-14-6-7-15(20-12-14)22-10-4-5-11-22/h6-7,12H,4-5,8-11,13H2,1-3H3,(H,19,24)(H,21,23). The van der Waals surface area contributed by atoms with Gasteiger partial charge in [0.25, 0.3) is 0 Å². The molecular formula is C18H28N4O3. The summed E-state index contributed by atoms with van der Waals surface area (Å²) in [5, 5.41) is 5.39. The highest BCUT2D eigenvalue weighted by Crippen LogP contribution is 2.17. The molecule has 2 heterocycles. The molecule has 2 rings (SSSR count). The largest absolute Gasteiger partial charge is 0.444 e. The third-order valence-corrected chi connectivity index (χ3v) is 3.75. The fourth-order valence-corrected chi connectivity index (χ4v) is 2.54. The van der Waals surface area contributed by atoms with Crippen molar-refractivity contribution in [1.29, 1.82) is 0 Å². The molecule has 1 saturated heterocycles. The predicted octanol–water partition coefficient (Wildman–Crippen LogP) is 2.21. The lowest BCUT2D eigenvalue weighted by Crippen LogP contribution is -2.35. The molecule has 0 radical (unpaired) electrons. The van der Waals surface area contributed by atoms with Crippen molar-refractivity contribution in [3.63, 3.8) is 0 Å². The first-order chi connectivity index (χ1) is 11.8. The molecule has 2 N–H and O–H groups in total. The van der Waals surface area contributed by atoms with Crippen LogP contribution in [0, 0.1) is 0 Å². The van der Waals surface area contributed by atoms with Gasteiger partial charge in [-0.05, 0) is 45.2 Å². The maximum absolute atomic E-state index is 11.8. The lowest BCUT2D eigenvalue weighted by atomic mass is 10.2. The van der Waals surface area contributed by atoms with E-state index in [4.69, 9.17) is 4.74 Å². The summed E-state index contributed by atoms with van der Waals surface area (Å²) in [4.78, 5) is 30.0. The molecule has 0 saturated carbocycles. The van der Waals surface area contributed by atoms with Gasteiger partial charge >= 0.3 is 6.09 Å². The van der Waals surface area contributed by atoms with E-state index in [0.717, 1.165) is 24.5 Å². The van der Waals surface area contributed by atoms with Crippen molar-refractivity contribution in [3.05, 3.63) is 23.9 Å². The Morgan fingerprint density at radius 3 is 2.52 bits per heavy atom. The summed E-state index contributed by atoms with van der Waals surface area (Å²) in [6.45, 7) is 8.18. The average Bonchev–Trinajstić information content (AvgIpc) is 3.06. The summed E-state index contributed by atoms with van der Waals surface area (Å²) in [7, 11) is 0. The first kappa shape index (κ1) is 19.0. The molecule has 1 aliphatic rings. The van der Waals surface area contributed by atoms with Gasteiger partial charge in [-0.3, -0.25) is 4.79 Å². The Hall–Kier alpha value is -2.31. The number of ether oxygens (including phenoxy) is 1. The van der Waals surface area contributed by atoms with Gasteiger partial charge in [0.15, 0.2) is 0 Å². The van der Waals surface area contributed by atoms with Gasteiger partial charge in [-0.25, -0.2) is 9.78 Å². The third kappa shape index (κ3) is 6.99. The lowest BCUT2D eigenvalue weighted by Gasteiger charge is -2.19. The first-order valence-corrected chi connectivity index (χ1v) is 8.77. The number of amides is 2. The Kier molecular flexibility index (Phi) is 6.61. The van der Waals surface area contributed by atoms with Crippen LogP contribution in [0.25, 0.3) is 0 Å². The Bertz CT molecular complexity index is 575. The smallest absolute Gasteiger partial charge is 0.407 e. The van der Waals surface area contributed by atoms with Gasteiger partial charge in [-0.15, -0.1) is 0 Å². The van der Waals surface area contributed by atoms with Gasteiger partial charge in [0.2, 0.25) is 5.91 Å². The van der Waals surface area contributed by atoms with Gasteiger partial charge in [-0.1, -0.05) is 6.07 Å². The molecular weight excluding hydrogens is 320 g/mol. The Labute approximate surface area is 149 Å². The Morgan fingerprint density at radius 2 is 1.92 bits per heavy atom. The summed E-state index contributed by atoms with van der Waals surface area (Å²) in [6.07, 6.45) is 3.93. The number of alkyl carbamates (subject to hydrolysis) is 1. The van der Waals surface area contributed by atoms with Crippen LogP contribution >= 0.6 is 0 Å². The molecule has 2 amide bonds. The zero-order valence-electron chi connectivity index (χ0n) is 15.3. The van der Waals surface area contributed by atoms with E-state index in [2.05, 4.69) is 20.5 Å². The van der Waals surface area contributed by atoms with Gasteiger partial charge in [-0.2, -0.15) is 0 Å². The molecule has 0 aromatic carbocycles. The highest BCUT2D eigenvalue weighted by atomic mass is 16.6. The molecule has 1 aliphatic heterocycles. The minimum Gasteiger partial charge on any atom is -0.444 e. The molecule has 0 unspecified atom stereocenters. The second-order valence-corrected chi connectivity index (χ2v) is 7.17. The number of nitrogens with one attached hydrogen (secondary N) is 2. The predicted molar refractivity (Wildman–Crippen MR) is 96.4 cm³/mol. The van der Waals surface area contributed by atoms with Crippen LogP contribution in [0.4, 0.5) is 10.6 Å². The Morgan fingerprint density at radius 1 is 1.20 bits per heavy atom. The van der Waals surface area contributed by atoms with E-state index >= 15 is 0 Å². The van der Waals surface area contributed by atoms with E-state index in [1.165, 1.54) is 12.8 Å². The second-order valence-electron chi connectivity index (χ2n) is 7.17. The van der Waals surface area contributed by atoms with Gasteiger partial charge in [0.05, 0.1) is 0 Å². The summed E-state index contributed by atoms with van der Waals surface area (Å²) in [5.74, 6) is 0.869. The third-order valence-electron chi connectivity index (χ3n) is 3.75. The van der Waals surface area contributed by atoms with E-state index in [9.17, 15) is 9.59 Å². The number of hydrogen-bond acceptors (Lipinski definition) is 5. The quantitative estimate of drug-likeness (QED) is 0.823. The van der Waals surface area contributed by atoms with Crippen molar-refractivity contribution in [3.8, 4) is 0 Å². The molecule has 0 bridgehead atoms. The lowest BCUT2D eigenvalue weighted by molar-refractivity contribution is -0.121. The molecule has 7 heteroatoms. The normalized spacial score (nSPS) is 14.3. The van der Waals surface area contributed by atoms with Crippen LogP contribution in [0.1, 0.15) is 45.6 Å². The van der Waals surface area contributed by atoms with Crippen LogP contribution in [0.5, 0.6) is 0 Å². The van der Waals surface area contributed by atoms with Crippen molar-refractivity contribution in [2.75, 3.05) is 24.5 Å². The maximum atomic E-state index is 11.8. The zero-order valence-corrected chi connectivity index (χ0v) is 15.3. The highest BCUT2D eigenvalue weighted by molar-refractivity contribution is 5.77. The molecule has 0 atom stereocenters. The number of pyridine rings is 1. The second kappa shape index (κ2) is 8.69. The number of nitrogens with zero attached hydrogens (tertiary/aromatic N) is 2. The SMILES string of the molecule is CC(C)(C)OC(=O)NCCC(=O)NCc1ccc(N2CCCC2)nc1. The van der Waals surface area contributed by atoms with Crippen LogP contribution in [-0.4, -0.2) is 42.2 Å². The van der Waals surface area contributed by atoms with Crippen LogP contribution in [0.15, 0.2) is 18.3 Å². The van der Waals surface area contributed by atoms with Gasteiger partial charge in [0, 0.05) is 38.8 Å². The molecule has 0 spiro atoms. The molecule has 1 aromatic heterocycles. The molecule has 138 valence electrons. The number of carbonyl (C=O) groups is 2. The molecule has 0 aliphatic carbocycles. The minimum absolute atomic E-state index is 0.125. The first-order valence-electron chi connectivity index (χ1n) is 8.77. The number of anilines is 1. The van der Waals surface area contributed by atoms with Crippen LogP contribution < -0.4 is 15.5 Å². The summed E-state index contributed by atoms with van der Waals surface area (Å²) >= 11 is 0. The topological polar surface area (TPSA) is 83.6 Å². The highest BCUT2D eigenvalue weighted by Gasteiger charge is 2.16. The Balaban J connectivity index is 1.65. The van der Waals surface area contributed by atoms with Crippen LogP contribution in [0.2, 0.25) is 0 Å². The van der Waals surface area contributed by atoms with Crippen molar-refractivity contribution in [1.82, 2.24) is 15.6 Å². The number of rotatable bonds is 6. The number of aromatic nitrogens is 1. The zero-order chi connectivity index (χ0) is 18.3. The van der Waals surface area contributed by atoms with E-state index in [1.807, 2.05) is 12.1 Å². The van der Waals surface area contributed by atoms with Crippen molar-refractivity contribution in [2.24, 2.45) is 0 Å². The minimum atomic E-state index is -0.541. The van der Waals surface area contributed by atoms with E-state index in [1.54, 1.807) is 27.0 Å². The van der Waals surface area contributed by atoms with Gasteiger partial charge < -0.3 is 20.3 Å². The van der Waals surface area contributed by atoms with E-state index in [-0.39, 0.29) is 18.9 Å². The van der Waals surface area contributed by atoms with Crippen molar-refractivity contribution in [2.45, 2.75) is 52.2 Å². The summed E-state index contributed by atoms with van der Waals surface area (Å²) < 4.78 is 5.11. The average molecular weight is 348 g/mol. The monoisotopic (exact) mass is 348 g/mol. The number of carbonyl (C=O) groups excluding carboxylic acids is 2. The molecule has 1 aromatic rings. The van der Waals surface area contributed by atoms with E-state index < -0.39 is 11.7 Å². The maximum Gasteiger partial charge on any atom is 0.407 e.